The molecule has 0 aliphatic rings. The Hall–Kier alpha value is -3.94. The van der Waals surface area contributed by atoms with Crippen molar-refractivity contribution in [3.8, 4) is 0 Å². The third-order valence-corrected chi connectivity index (χ3v) is 4.32. The highest BCUT2D eigenvalue weighted by Gasteiger charge is 2.33. The third-order valence-electron chi connectivity index (χ3n) is 4.32. The van der Waals surface area contributed by atoms with E-state index in [4.69, 9.17) is 0 Å². The van der Waals surface area contributed by atoms with Gasteiger partial charge in [0.25, 0.3) is 5.91 Å². The number of fused-ring (bicyclic) bond motifs is 1. The number of nitrogens with zero attached hydrogens (tertiary/aromatic N) is 2. The summed E-state index contributed by atoms with van der Waals surface area (Å²) in [5, 5.41) is 6.08. The summed E-state index contributed by atoms with van der Waals surface area (Å²) in [6.07, 6.45) is -4.60. The summed E-state index contributed by atoms with van der Waals surface area (Å²) in [5.41, 5.74) is -0.0681. The standard InChI is InChI=1S/C22H15F3N4O/c23-22(24,25)16-11-5-7-13-18(16)28-21(30)20-27-17-12-6-4-10-15(17)19(29-20)26-14-8-2-1-3-9-14/h1-13H,(H,28,30)(H,26,27,29). The summed E-state index contributed by atoms with van der Waals surface area (Å²) in [5.74, 6) is -0.710. The molecule has 0 atom stereocenters. The number of anilines is 3. The maximum absolute atomic E-state index is 13.2. The summed E-state index contributed by atoms with van der Waals surface area (Å²) in [6.45, 7) is 0. The fourth-order valence-electron chi connectivity index (χ4n) is 2.95. The van der Waals surface area contributed by atoms with Crippen LogP contribution in [0.1, 0.15) is 16.2 Å². The van der Waals surface area contributed by atoms with Gasteiger partial charge in [-0.15, -0.1) is 0 Å². The molecule has 150 valence electrons. The van der Waals surface area contributed by atoms with E-state index in [2.05, 4.69) is 20.6 Å². The van der Waals surface area contributed by atoms with Gasteiger partial charge in [-0.3, -0.25) is 4.79 Å². The van der Waals surface area contributed by atoms with E-state index in [0.717, 1.165) is 11.8 Å². The van der Waals surface area contributed by atoms with Crippen LogP contribution in [0.15, 0.2) is 78.9 Å². The van der Waals surface area contributed by atoms with Gasteiger partial charge in [-0.25, -0.2) is 9.97 Å². The van der Waals surface area contributed by atoms with Crippen LogP contribution < -0.4 is 10.6 Å². The number of benzene rings is 3. The van der Waals surface area contributed by atoms with Gasteiger partial charge in [-0.05, 0) is 36.4 Å². The van der Waals surface area contributed by atoms with Crippen molar-refractivity contribution < 1.29 is 18.0 Å². The van der Waals surface area contributed by atoms with E-state index in [9.17, 15) is 18.0 Å². The van der Waals surface area contributed by atoms with Crippen LogP contribution in [0, 0.1) is 0 Å². The normalized spacial score (nSPS) is 11.3. The first-order valence-corrected chi connectivity index (χ1v) is 8.98. The lowest BCUT2D eigenvalue weighted by atomic mass is 10.1. The van der Waals surface area contributed by atoms with Crippen LogP contribution in [0.4, 0.5) is 30.4 Å². The van der Waals surface area contributed by atoms with Gasteiger partial charge in [0.05, 0.1) is 16.8 Å². The van der Waals surface area contributed by atoms with Crippen molar-refractivity contribution in [1.29, 1.82) is 0 Å². The van der Waals surface area contributed by atoms with Crippen LogP contribution in [0.5, 0.6) is 0 Å². The van der Waals surface area contributed by atoms with E-state index >= 15 is 0 Å². The Kier molecular flexibility index (Phi) is 5.05. The number of hydrogen-bond acceptors (Lipinski definition) is 4. The Morgan fingerprint density at radius 3 is 2.23 bits per heavy atom. The lowest BCUT2D eigenvalue weighted by Crippen LogP contribution is -2.19. The van der Waals surface area contributed by atoms with Crippen LogP contribution in [0.2, 0.25) is 0 Å². The highest BCUT2D eigenvalue weighted by atomic mass is 19.4. The first-order chi connectivity index (χ1) is 14.4. The Bertz CT molecular complexity index is 1210. The molecule has 0 radical (unpaired) electrons. The minimum absolute atomic E-state index is 0.246. The molecular weight excluding hydrogens is 393 g/mol. The molecule has 30 heavy (non-hydrogen) atoms. The van der Waals surface area contributed by atoms with Crippen LogP contribution in [-0.2, 0) is 6.18 Å². The zero-order valence-electron chi connectivity index (χ0n) is 15.4. The summed E-state index contributed by atoms with van der Waals surface area (Å²) < 4.78 is 39.7. The van der Waals surface area contributed by atoms with E-state index in [1.807, 2.05) is 30.3 Å². The average Bonchev–Trinajstić information content (AvgIpc) is 2.74. The fourth-order valence-corrected chi connectivity index (χ4v) is 2.95. The summed E-state index contributed by atoms with van der Waals surface area (Å²) in [4.78, 5) is 21.2. The zero-order chi connectivity index (χ0) is 21.1. The second kappa shape index (κ2) is 7.82. The lowest BCUT2D eigenvalue weighted by Gasteiger charge is -2.14. The predicted octanol–water partition coefficient (Wildman–Crippen LogP) is 5.64. The molecule has 1 amide bonds. The molecule has 5 nitrogen and oxygen atoms in total. The molecule has 0 aliphatic carbocycles. The van der Waals surface area contributed by atoms with Crippen molar-refractivity contribution in [1.82, 2.24) is 9.97 Å². The van der Waals surface area contributed by atoms with E-state index < -0.39 is 17.6 Å². The van der Waals surface area contributed by atoms with Gasteiger partial charge in [-0.2, -0.15) is 13.2 Å². The van der Waals surface area contributed by atoms with Gasteiger partial charge in [0.1, 0.15) is 5.82 Å². The average molecular weight is 408 g/mol. The monoisotopic (exact) mass is 408 g/mol. The van der Waals surface area contributed by atoms with Crippen molar-refractivity contribution in [2.24, 2.45) is 0 Å². The molecule has 0 saturated heterocycles. The summed E-state index contributed by atoms with van der Waals surface area (Å²) >= 11 is 0. The van der Waals surface area contributed by atoms with Gasteiger partial charge in [0.2, 0.25) is 5.82 Å². The predicted molar refractivity (Wildman–Crippen MR) is 109 cm³/mol. The molecule has 1 aromatic heterocycles. The highest BCUT2D eigenvalue weighted by molar-refractivity contribution is 6.04. The minimum Gasteiger partial charge on any atom is -0.340 e. The number of hydrogen-bond donors (Lipinski definition) is 2. The van der Waals surface area contributed by atoms with Crippen LogP contribution in [0.25, 0.3) is 10.9 Å². The quantitative estimate of drug-likeness (QED) is 0.458. The number of halogens is 3. The number of amides is 1. The largest absolute Gasteiger partial charge is 0.418 e. The van der Waals surface area contributed by atoms with Crippen LogP contribution in [0.3, 0.4) is 0 Å². The van der Waals surface area contributed by atoms with Crippen molar-refractivity contribution >= 4 is 34.0 Å². The molecular formula is C22H15F3N4O. The Balaban J connectivity index is 1.72. The highest BCUT2D eigenvalue weighted by Crippen LogP contribution is 2.34. The molecule has 3 aromatic carbocycles. The fraction of sp³-hybridized carbons (Fsp3) is 0.0455. The van der Waals surface area contributed by atoms with E-state index in [-0.39, 0.29) is 11.5 Å². The molecule has 0 bridgehead atoms. The minimum atomic E-state index is -4.60. The number of nitrogens with one attached hydrogen (secondary N) is 2. The molecule has 0 saturated carbocycles. The molecule has 0 fully saturated rings. The molecule has 4 rings (SSSR count). The van der Waals surface area contributed by atoms with Gasteiger partial charge < -0.3 is 10.6 Å². The topological polar surface area (TPSA) is 66.9 Å². The van der Waals surface area contributed by atoms with Gasteiger partial charge in [0.15, 0.2) is 0 Å². The molecule has 1 heterocycles. The van der Waals surface area contributed by atoms with E-state index in [0.29, 0.717) is 16.7 Å². The molecule has 0 aliphatic heterocycles. The zero-order valence-corrected chi connectivity index (χ0v) is 15.4. The van der Waals surface area contributed by atoms with Crippen LogP contribution in [-0.4, -0.2) is 15.9 Å². The first-order valence-electron chi connectivity index (χ1n) is 8.98. The number of alkyl halides is 3. The van der Waals surface area contributed by atoms with Crippen molar-refractivity contribution in [3.63, 3.8) is 0 Å². The second-order valence-electron chi connectivity index (χ2n) is 6.40. The maximum atomic E-state index is 13.2. The van der Waals surface area contributed by atoms with Gasteiger partial charge in [-0.1, -0.05) is 42.5 Å². The number of aromatic nitrogens is 2. The smallest absolute Gasteiger partial charge is 0.340 e. The molecule has 8 heteroatoms. The first kappa shape index (κ1) is 19.4. The van der Waals surface area contributed by atoms with Gasteiger partial charge in [0, 0.05) is 11.1 Å². The van der Waals surface area contributed by atoms with Crippen molar-refractivity contribution in [3.05, 3.63) is 90.3 Å². The lowest BCUT2D eigenvalue weighted by molar-refractivity contribution is -0.136. The third kappa shape index (κ3) is 4.07. The number of rotatable bonds is 4. The summed E-state index contributed by atoms with van der Waals surface area (Å²) in [6, 6.07) is 21.0. The Labute approximate surface area is 169 Å². The van der Waals surface area contributed by atoms with Crippen molar-refractivity contribution in [2.75, 3.05) is 10.6 Å². The molecule has 4 aromatic rings. The maximum Gasteiger partial charge on any atom is 0.418 e. The molecule has 2 N–H and O–H groups in total. The van der Waals surface area contributed by atoms with Crippen molar-refractivity contribution in [2.45, 2.75) is 6.18 Å². The molecule has 0 spiro atoms. The Morgan fingerprint density at radius 2 is 1.47 bits per heavy atom. The van der Waals surface area contributed by atoms with E-state index in [1.54, 1.807) is 24.3 Å². The number of carbonyl (C=O) groups excluding carboxylic acids is 1. The Morgan fingerprint density at radius 1 is 0.800 bits per heavy atom. The SMILES string of the molecule is O=C(Nc1ccccc1C(F)(F)F)c1nc(Nc2ccccc2)c2ccccc2n1. The molecule has 0 unspecified atom stereocenters. The number of carbonyl (C=O) groups is 1. The van der Waals surface area contributed by atoms with Crippen LogP contribution >= 0.6 is 0 Å². The second-order valence-corrected chi connectivity index (χ2v) is 6.40. The number of para-hydroxylation sites is 3. The van der Waals surface area contributed by atoms with E-state index in [1.165, 1.54) is 18.2 Å². The summed E-state index contributed by atoms with van der Waals surface area (Å²) in [7, 11) is 0. The van der Waals surface area contributed by atoms with Gasteiger partial charge >= 0.3 is 6.18 Å².